The fourth-order valence-electron chi connectivity index (χ4n) is 5.16. The van der Waals surface area contributed by atoms with E-state index in [4.69, 9.17) is 13.2 Å². The Balaban J connectivity index is 1.37. The molecule has 2 aromatic heterocycles. The number of halogens is 1. The molecule has 8 heteroatoms. The average Bonchev–Trinajstić information content (AvgIpc) is 3.38. The number of anilines is 1. The Morgan fingerprint density at radius 2 is 1.68 bits per heavy atom. The molecule has 0 bridgehead atoms. The van der Waals surface area contributed by atoms with E-state index in [1.54, 1.807) is 18.6 Å². The van der Waals surface area contributed by atoms with E-state index in [-0.39, 0.29) is 5.54 Å². The van der Waals surface area contributed by atoms with Crippen molar-refractivity contribution in [2.75, 3.05) is 11.9 Å². The Labute approximate surface area is 225 Å². The van der Waals surface area contributed by atoms with E-state index < -0.39 is 21.0 Å². The average molecular weight is 597 g/mol. The summed E-state index contributed by atoms with van der Waals surface area (Å²) in [5.41, 5.74) is 6.94. The lowest BCUT2D eigenvalue weighted by atomic mass is 9.72. The second-order valence-corrected chi connectivity index (χ2v) is 11.3. The lowest BCUT2D eigenvalue weighted by Crippen LogP contribution is -2.45. The van der Waals surface area contributed by atoms with Crippen LogP contribution in [0, 0.1) is 0 Å². The molecule has 7 nitrogen and oxygen atoms in total. The van der Waals surface area contributed by atoms with E-state index in [0.29, 0.717) is 0 Å². The molecule has 3 aliphatic rings. The predicted octanol–water partition coefficient (Wildman–Crippen LogP) is 5.51. The van der Waals surface area contributed by atoms with Gasteiger partial charge in [0.15, 0.2) is 5.82 Å². The molecule has 0 spiro atoms. The van der Waals surface area contributed by atoms with Gasteiger partial charge in [-0.05, 0) is 44.0 Å². The Hall–Kier alpha value is -3.63. The van der Waals surface area contributed by atoms with Crippen molar-refractivity contribution in [2.45, 2.75) is 24.8 Å². The first-order valence-corrected chi connectivity index (χ1v) is 14.4. The minimum Gasteiger partial charge on any atom is -0.310 e. The summed E-state index contributed by atoms with van der Waals surface area (Å²) in [5, 5.41) is 3.54. The summed E-state index contributed by atoms with van der Waals surface area (Å²) in [7, 11) is 2.06. The van der Waals surface area contributed by atoms with Crippen LogP contribution in [0.2, 0.25) is 0 Å². The van der Waals surface area contributed by atoms with E-state index in [9.17, 15) is 0 Å². The van der Waals surface area contributed by atoms with Crippen LogP contribution in [0.3, 0.4) is 0 Å². The molecule has 0 radical (unpaired) electrons. The van der Waals surface area contributed by atoms with Crippen molar-refractivity contribution in [3.63, 3.8) is 0 Å². The van der Waals surface area contributed by atoms with E-state index in [2.05, 4.69) is 63.6 Å². The number of hydrogen-bond acceptors (Lipinski definition) is 7. The highest BCUT2D eigenvalue weighted by Gasteiger charge is 2.37. The summed E-state index contributed by atoms with van der Waals surface area (Å²) in [5.74, 6) is 1.69. The summed E-state index contributed by atoms with van der Waals surface area (Å²) in [6.45, 7) is 0. The summed E-state index contributed by atoms with van der Waals surface area (Å²) >= 11 is -0.609. The van der Waals surface area contributed by atoms with Crippen LogP contribution >= 0.6 is 21.0 Å². The van der Waals surface area contributed by atoms with Crippen LogP contribution in [-0.2, 0) is 5.54 Å². The summed E-state index contributed by atoms with van der Waals surface area (Å²) in [6.07, 6.45) is 12.9. The van der Waals surface area contributed by atoms with Gasteiger partial charge >= 0.3 is 0 Å². The third-order valence-electron chi connectivity index (χ3n) is 7.36. The van der Waals surface area contributed by atoms with Crippen LogP contribution in [0.5, 0.6) is 0 Å². The number of rotatable bonds is 5. The molecule has 4 aromatic rings. The molecule has 1 fully saturated rings. The molecule has 0 unspecified atom stereocenters. The minimum absolute atomic E-state index is 0.103. The Kier molecular flexibility index (Phi) is 5.51. The van der Waals surface area contributed by atoms with E-state index in [1.165, 1.54) is 24.8 Å². The van der Waals surface area contributed by atoms with Crippen molar-refractivity contribution in [2.24, 2.45) is 3.21 Å². The molecule has 182 valence electrons. The van der Waals surface area contributed by atoms with Gasteiger partial charge in [0.05, 0.1) is 38.6 Å². The third-order valence-corrected chi connectivity index (χ3v) is 9.59. The number of benzene rings is 2. The standard InChI is InChI=1S/C29H24IN7/c1-31-29(14-5-15-29)21-10-8-20(9-11-21)25-26(19-6-3-2-4-7-19)35-28-22(34-25)12-13-24-36-30-27(37(24)28)23-18-32-16-17-33-23/h2-4,6-13,16-18,31H,5,14-15H2,1H3. The van der Waals surface area contributed by atoms with Crippen LogP contribution in [0.1, 0.15) is 36.2 Å². The van der Waals surface area contributed by atoms with Crippen LogP contribution in [-0.4, -0.2) is 36.5 Å². The first-order chi connectivity index (χ1) is 18.3. The first-order valence-electron chi connectivity index (χ1n) is 12.4. The van der Waals surface area contributed by atoms with Gasteiger partial charge in [0.25, 0.3) is 0 Å². The summed E-state index contributed by atoms with van der Waals surface area (Å²) in [4.78, 5) is 21.4. The van der Waals surface area contributed by atoms with Crippen LogP contribution in [0.15, 0.2) is 82.5 Å². The zero-order chi connectivity index (χ0) is 24.8. The summed E-state index contributed by atoms with van der Waals surface area (Å²) in [6, 6.07) is 19.2. The second kappa shape index (κ2) is 9.04. The number of hydrogen-bond donors (Lipinski definition) is 1. The first kappa shape index (κ1) is 22.6. The van der Waals surface area contributed by atoms with Gasteiger partial charge in [-0.2, -0.15) is 0 Å². The number of nitrogens with zero attached hydrogens (tertiary/aromatic N) is 6. The normalized spacial score (nSPS) is 17.2. The van der Waals surface area contributed by atoms with Gasteiger partial charge in [0.2, 0.25) is 0 Å². The van der Waals surface area contributed by atoms with E-state index in [0.717, 1.165) is 49.2 Å². The van der Waals surface area contributed by atoms with Crippen molar-refractivity contribution in [3.8, 4) is 22.5 Å². The molecular weight excluding hydrogens is 573 g/mol. The van der Waals surface area contributed by atoms with Crippen LogP contribution < -0.4 is 10.2 Å². The lowest BCUT2D eigenvalue weighted by Gasteiger charge is -2.42. The Morgan fingerprint density at radius 1 is 0.892 bits per heavy atom. The second-order valence-electron chi connectivity index (χ2n) is 9.34. The fraction of sp³-hybridized carbons (Fsp3) is 0.172. The van der Waals surface area contributed by atoms with Gasteiger partial charge in [0.1, 0.15) is 20.9 Å². The third kappa shape index (κ3) is 3.74. The molecule has 2 aliphatic heterocycles. The Bertz CT molecular complexity index is 1570. The van der Waals surface area contributed by atoms with Crippen molar-refractivity contribution < 1.29 is 0 Å². The maximum atomic E-state index is 5.26. The van der Waals surface area contributed by atoms with Crippen molar-refractivity contribution >= 4 is 42.4 Å². The van der Waals surface area contributed by atoms with Gasteiger partial charge in [-0.3, -0.25) is 14.9 Å². The highest BCUT2D eigenvalue weighted by Crippen LogP contribution is 2.42. The molecule has 4 heterocycles. The van der Waals surface area contributed by atoms with E-state index in [1.807, 2.05) is 30.4 Å². The SMILES string of the molecule is CNC1(c2ccc(-c3nc4c(nc3-c3ccccc3)N3C(=NI=C3c3cnccn3)C=C4)cc2)CCC1. The minimum atomic E-state index is -0.609. The predicted molar refractivity (Wildman–Crippen MR) is 157 cm³/mol. The van der Waals surface area contributed by atoms with Crippen LogP contribution in [0.4, 0.5) is 5.82 Å². The number of fused-ring (bicyclic) bond motifs is 3. The zero-order valence-electron chi connectivity index (χ0n) is 20.3. The van der Waals surface area contributed by atoms with Gasteiger partial charge < -0.3 is 5.32 Å². The maximum absolute atomic E-state index is 5.26. The number of amidine groups is 1. The highest BCUT2D eigenvalue weighted by atomic mass is 127. The maximum Gasteiger partial charge on any atom is 0.166 e. The van der Waals surface area contributed by atoms with Gasteiger partial charge in [0, 0.05) is 29.1 Å². The van der Waals surface area contributed by atoms with Gasteiger partial charge in [-0.25, -0.2) is 13.2 Å². The quantitative estimate of drug-likeness (QED) is 0.306. The molecule has 2 aromatic carbocycles. The zero-order valence-corrected chi connectivity index (χ0v) is 22.4. The number of nitrogens with one attached hydrogen (secondary N) is 1. The molecule has 1 N–H and O–H groups in total. The van der Waals surface area contributed by atoms with Gasteiger partial charge in [-0.15, -0.1) is 0 Å². The fourth-order valence-corrected chi connectivity index (χ4v) is 7.22. The molecule has 1 aliphatic carbocycles. The molecule has 7 rings (SSSR count). The van der Waals surface area contributed by atoms with E-state index >= 15 is 0 Å². The number of aromatic nitrogens is 4. The molecule has 0 saturated heterocycles. The largest absolute Gasteiger partial charge is 0.310 e. The Morgan fingerprint density at radius 3 is 2.38 bits per heavy atom. The molecule has 0 amide bonds. The van der Waals surface area contributed by atoms with Crippen molar-refractivity contribution in [1.29, 1.82) is 0 Å². The smallest absolute Gasteiger partial charge is 0.166 e. The molecule has 37 heavy (non-hydrogen) atoms. The monoisotopic (exact) mass is 597 g/mol. The molecule has 0 atom stereocenters. The molecular formula is C29H24IN7. The van der Waals surface area contributed by atoms with Gasteiger partial charge in [-0.1, -0.05) is 54.6 Å². The summed E-state index contributed by atoms with van der Waals surface area (Å²) < 4.78 is 5.90. The van der Waals surface area contributed by atoms with Crippen LogP contribution in [0.25, 0.3) is 28.6 Å². The molecule has 1 saturated carbocycles. The highest BCUT2D eigenvalue weighted by molar-refractivity contribution is 14.2. The van der Waals surface area contributed by atoms with Crippen molar-refractivity contribution in [3.05, 3.63) is 96.2 Å². The topological polar surface area (TPSA) is 79.2 Å². The van der Waals surface area contributed by atoms with Crippen molar-refractivity contribution in [1.82, 2.24) is 25.3 Å². The lowest BCUT2D eigenvalue weighted by molar-refractivity contribution is 0.201.